The van der Waals surface area contributed by atoms with Crippen molar-refractivity contribution in [2.45, 2.75) is 33.7 Å². The van der Waals surface area contributed by atoms with E-state index in [2.05, 4.69) is 11.4 Å². The zero-order valence-corrected chi connectivity index (χ0v) is 18.3. The van der Waals surface area contributed by atoms with Crippen molar-refractivity contribution in [3.8, 4) is 10.6 Å². The standard InChI is InChI=1S/C21H23N3O3S2/c1-4-27-21(26)24-10-9-13-16(11-24)29-20(23-18(25)12(2)3)17(13)19-22-14-7-5-6-8-15(14)28-19/h5-8,12H,4,9-11H2,1-3H3,(H,23,25). The number of thiophene rings is 1. The summed E-state index contributed by atoms with van der Waals surface area (Å²) in [5.41, 5.74) is 3.13. The molecule has 6 nitrogen and oxygen atoms in total. The number of hydrogen-bond donors (Lipinski definition) is 1. The Morgan fingerprint density at radius 2 is 2.07 bits per heavy atom. The van der Waals surface area contributed by atoms with Gasteiger partial charge in [0.2, 0.25) is 5.91 Å². The molecule has 152 valence electrons. The van der Waals surface area contributed by atoms with Crippen LogP contribution >= 0.6 is 22.7 Å². The molecule has 2 aromatic heterocycles. The number of thiazole rings is 1. The second kappa shape index (κ2) is 8.12. The molecule has 8 heteroatoms. The number of nitrogens with zero attached hydrogens (tertiary/aromatic N) is 2. The Morgan fingerprint density at radius 3 is 2.79 bits per heavy atom. The minimum Gasteiger partial charge on any atom is -0.450 e. The van der Waals surface area contributed by atoms with E-state index in [-0.39, 0.29) is 17.9 Å². The van der Waals surface area contributed by atoms with Crippen molar-refractivity contribution < 1.29 is 14.3 Å². The van der Waals surface area contributed by atoms with Crippen molar-refractivity contribution in [1.82, 2.24) is 9.88 Å². The third-order valence-corrected chi connectivity index (χ3v) is 7.04. The lowest BCUT2D eigenvalue weighted by Crippen LogP contribution is -2.35. The van der Waals surface area contributed by atoms with Crippen molar-refractivity contribution in [3.05, 3.63) is 34.7 Å². The van der Waals surface area contributed by atoms with Crippen LogP contribution in [-0.2, 0) is 22.5 Å². The van der Waals surface area contributed by atoms with E-state index < -0.39 is 0 Å². The molecular formula is C21H23N3O3S2. The molecule has 0 unspecified atom stereocenters. The molecule has 2 amide bonds. The Balaban J connectivity index is 1.76. The van der Waals surface area contributed by atoms with Gasteiger partial charge in [0.05, 0.1) is 23.4 Å². The maximum Gasteiger partial charge on any atom is 0.410 e. The molecule has 0 bridgehead atoms. The summed E-state index contributed by atoms with van der Waals surface area (Å²) in [6, 6.07) is 8.05. The summed E-state index contributed by atoms with van der Waals surface area (Å²) in [6.45, 7) is 7.01. The number of benzene rings is 1. The second-order valence-electron chi connectivity index (χ2n) is 7.21. The number of carbonyl (C=O) groups is 2. The van der Waals surface area contributed by atoms with E-state index >= 15 is 0 Å². The molecule has 1 N–H and O–H groups in total. The topological polar surface area (TPSA) is 71.5 Å². The monoisotopic (exact) mass is 429 g/mol. The van der Waals surface area contributed by atoms with Crippen LogP contribution in [0.1, 0.15) is 31.2 Å². The van der Waals surface area contributed by atoms with Crippen LogP contribution in [0, 0.1) is 5.92 Å². The fraction of sp³-hybridized carbons (Fsp3) is 0.381. The normalized spacial score (nSPS) is 13.6. The molecule has 1 aromatic carbocycles. The molecule has 0 saturated heterocycles. The highest BCUT2D eigenvalue weighted by Gasteiger charge is 2.30. The van der Waals surface area contributed by atoms with Crippen LogP contribution in [0.4, 0.5) is 9.80 Å². The van der Waals surface area contributed by atoms with Gasteiger partial charge in [0.15, 0.2) is 0 Å². The zero-order chi connectivity index (χ0) is 20.5. The lowest BCUT2D eigenvalue weighted by atomic mass is 10.0. The minimum absolute atomic E-state index is 0.0202. The molecule has 1 aliphatic heterocycles. The number of ether oxygens (including phenoxy) is 1. The Kier molecular flexibility index (Phi) is 5.56. The lowest BCUT2D eigenvalue weighted by molar-refractivity contribution is -0.118. The molecule has 0 fully saturated rings. The van der Waals surface area contributed by atoms with Crippen LogP contribution in [0.15, 0.2) is 24.3 Å². The maximum atomic E-state index is 12.4. The summed E-state index contributed by atoms with van der Waals surface area (Å²) in [5.74, 6) is -0.137. The zero-order valence-electron chi connectivity index (χ0n) is 16.7. The molecule has 0 saturated carbocycles. The summed E-state index contributed by atoms with van der Waals surface area (Å²) in [7, 11) is 0. The van der Waals surface area contributed by atoms with E-state index in [9.17, 15) is 9.59 Å². The van der Waals surface area contributed by atoms with Gasteiger partial charge in [0, 0.05) is 22.9 Å². The van der Waals surface area contributed by atoms with Crippen molar-refractivity contribution in [1.29, 1.82) is 0 Å². The summed E-state index contributed by atoms with van der Waals surface area (Å²) in [6.07, 6.45) is 0.425. The first-order valence-electron chi connectivity index (χ1n) is 9.71. The Bertz CT molecular complexity index is 1040. The van der Waals surface area contributed by atoms with E-state index in [4.69, 9.17) is 9.72 Å². The largest absolute Gasteiger partial charge is 0.450 e. The molecule has 4 rings (SSSR count). The lowest BCUT2D eigenvalue weighted by Gasteiger charge is -2.26. The fourth-order valence-corrected chi connectivity index (χ4v) is 5.70. The summed E-state index contributed by atoms with van der Waals surface area (Å²) in [5, 5.41) is 4.82. The minimum atomic E-state index is -0.291. The van der Waals surface area contributed by atoms with Crippen molar-refractivity contribution in [2.24, 2.45) is 5.92 Å². The Morgan fingerprint density at radius 1 is 1.28 bits per heavy atom. The molecule has 0 atom stereocenters. The second-order valence-corrected chi connectivity index (χ2v) is 9.34. The predicted molar refractivity (Wildman–Crippen MR) is 118 cm³/mol. The van der Waals surface area contributed by atoms with Gasteiger partial charge in [-0.25, -0.2) is 9.78 Å². The number of carbonyl (C=O) groups excluding carboxylic acids is 2. The number of rotatable bonds is 4. The quantitative estimate of drug-likeness (QED) is 0.624. The van der Waals surface area contributed by atoms with Crippen LogP contribution in [0.5, 0.6) is 0 Å². The molecule has 3 aromatic rings. The van der Waals surface area contributed by atoms with Crippen molar-refractivity contribution in [3.63, 3.8) is 0 Å². The number of para-hydroxylation sites is 1. The van der Waals surface area contributed by atoms with Gasteiger partial charge in [-0.15, -0.1) is 22.7 Å². The van der Waals surface area contributed by atoms with E-state index in [1.807, 2.05) is 39.0 Å². The number of amides is 2. The molecule has 1 aliphatic rings. The van der Waals surface area contributed by atoms with Crippen LogP contribution in [0.2, 0.25) is 0 Å². The first-order valence-corrected chi connectivity index (χ1v) is 11.3. The molecule has 0 spiro atoms. The first-order chi connectivity index (χ1) is 14.0. The average Bonchev–Trinajstić information content (AvgIpc) is 3.27. The third-order valence-electron chi connectivity index (χ3n) is 4.85. The Labute approximate surface area is 177 Å². The van der Waals surface area contributed by atoms with Crippen LogP contribution in [-0.4, -0.2) is 35.0 Å². The molecule has 3 heterocycles. The number of nitrogens with one attached hydrogen (secondary N) is 1. The van der Waals surface area contributed by atoms with Crippen LogP contribution in [0.25, 0.3) is 20.8 Å². The van der Waals surface area contributed by atoms with Crippen molar-refractivity contribution in [2.75, 3.05) is 18.5 Å². The van der Waals surface area contributed by atoms with Gasteiger partial charge in [-0.3, -0.25) is 4.79 Å². The van der Waals surface area contributed by atoms with Gasteiger partial charge in [0.1, 0.15) is 10.0 Å². The molecule has 0 radical (unpaired) electrons. The predicted octanol–water partition coefficient (Wildman–Crippen LogP) is 5.13. The van der Waals surface area contributed by atoms with E-state index in [0.717, 1.165) is 30.7 Å². The highest BCUT2D eigenvalue weighted by Crippen LogP contribution is 2.45. The van der Waals surface area contributed by atoms with Gasteiger partial charge in [-0.1, -0.05) is 26.0 Å². The molecule has 29 heavy (non-hydrogen) atoms. The van der Waals surface area contributed by atoms with E-state index in [0.29, 0.717) is 26.1 Å². The average molecular weight is 430 g/mol. The smallest absolute Gasteiger partial charge is 0.410 e. The molecular weight excluding hydrogens is 406 g/mol. The first kappa shape index (κ1) is 19.8. The van der Waals surface area contributed by atoms with Crippen LogP contribution in [0.3, 0.4) is 0 Å². The van der Waals surface area contributed by atoms with Crippen molar-refractivity contribution >= 4 is 49.9 Å². The summed E-state index contributed by atoms with van der Waals surface area (Å²) >= 11 is 3.17. The van der Waals surface area contributed by atoms with Gasteiger partial charge in [0.25, 0.3) is 0 Å². The SMILES string of the molecule is CCOC(=O)N1CCc2c(sc(NC(=O)C(C)C)c2-c2nc3ccccc3s2)C1. The summed E-state index contributed by atoms with van der Waals surface area (Å²) < 4.78 is 6.28. The number of aromatic nitrogens is 1. The van der Waals surface area contributed by atoms with Gasteiger partial charge < -0.3 is 15.0 Å². The number of fused-ring (bicyclic) bond motifs is 2. The molecule has 0 aliphatic carbocycles. The Hall–Kier alpha value is -2.45. The summed E-state index contributed by atoms with van der Waals surface area (Å²) in [4.78, 5) is 32.2. The van der Waals surface area contributed by atoms with E-state index in [1.165, 1.54) is 16.9 Å². The highest BCUT2D eigenvalue weighted by atomic mass is 32.1. The fourth-order valence-electron chi connectivity index (χ4n) is 3.32. The van der Waals surface area contributed by atoms with Gasteiger partial charge in [-0.05, 0) is 31.0 Å². The van der Waals surface area contributed by atoms with Gasteiger partial charge in [-0.2, -0.15) is 0 Å². The third kappa shape index (κ3) is 3.86. The number of anilines is 1. The number of hydrogen-bond acceptors (Lipinski definition) is 6. The van der Waals surface area contributed by atoms with E-state index in [1.54, 1.807) is 16.2 Å². The maximum absolute atomic E-state index is 12.4. The highest BCUT2D eigenvalue weighted by molar-refractivity contribution is 7.22. The van der Waals surface area contributed by atoms with Gasteiger partial charge >= 0.3 is 6.09 Å². The van der Waals surface area contributed by atoms with Crippen LogP contribution < -0.4 is 5.32 Å².